The highest BCUT2D eigenvalue weighted by atomic mass is 19.1. The van der Waals surface area contributed by atoms with Gasteiger partial charge in [-0.25, -0.2) is 9.18 Å². The molecule has 0 heterocycles. The van der Waals surface area contributed by atoms with Crippen LogP contribution in [0, 0.1) is 5.82 Å². The highest BCUT2D eigenvalue weighted by Crippen LogP contribution is 2.40. The SMILES string of the molecule is CC(C)(C)OC(=O)N[C@H]1CCC2=C(C1)c1cc(F)ccc1CC2. The van der Waals surface area contributed by atoms with Gasteiger partial charge in [-0.1, -0.05) is 11.6 Å². The molecule has 1 atom stereocenters. The zero-order chi connectivity index (χ0) is 16.6. The lowest BCUT2D eigenvalue weighted by atomic mass is 9.77. The van der Waals surface area contributed by atoms with Crippen molar-refractivity contribution in [3.05, 3.63) is 40.7 Å². The molecule has 0 bridgehead atoms. The Morgan fingerprint density at radius 3 is 2.78 bits per heavy atom. The summed E-state index contributed by atoms with van der Waals surface area (Å²) in [5.74, 6) is -0.195. The van der Waals surface area contributed by atoms with E-state index in [4.69, 9.17) is 4.74 Å². The van der Waals surface area contributed by atoms with E-state index in [1.54, 1.807) is 6.07 Å². The highest BCUT2D eigenvalue weighted by molar-refractivity contribution is 5.75. The van der Waals surface area contributed by atoms with Crippen molar-refractivity contribution in [2.45, 2.75) is 64.5 Å². The van der Waals surface area contributed by atoms with Crippen LogP contribution in [0.5, 0.6) is 0 Å². The second-order valence-corrected chi connectivity index (χ2v) is 7.47. The van der Waals surface area contributed by atoms with Crippen LogP contribution in [-0.2, 0) is 11.2 Å². The topological polar surface area (TPSA) is 38.3 Å². The molecule has 0 fully saturated rings. The van der Waals surface area contributed by atoms with Crippen LogP contribution in [0.3, 0.4) is 0 Å². The summed E-state index contributed by atoms with van der Waals surface area (Å²) in [6.45, 7) is 5.57. The Kier molecular flexibility index (Phi) is 4.17. The molecule has 0 saturated carbocycles. The Balaban J connectivity index is 1.74. The van der Waals surface area contributed by atoms with E-state index in [9.17, 15) is 9.18 Å². The van der Waals surface area contributed by atoms with Gasteiger partial charge in [0, 0.05) is 6.04 Å². The third kappa shape index (κ3) is 3.74. The number of hydrogen-bond acceptors (Lipinski definition) is 2. The van der Waals surface area contributed by atoms with E-state index < -0.39 is 5.60 Å². The van der Waals surface area contributed by atoms with Gasteiger partial charge in [0.15, 0.2) is 0 Å². The summed E-state index contributed by atoms with van der Waals surface area (Å²) in [7, 11) is 0. The summed E-state index contributed by atoms with van der Waals surface area (Å²) >= 11 is 0. The van der Waals surface area contributed by atoms with Gasteiger partial charge in [0.1, 0.15) is 11.4 Å². The predicted octanol–water partition coefficient (Wildman–Crippen LogP) is 4.60. The lowest BCUT2D eigenvalue weighted by Gasteiger charge is -2.32. The first-order valence-electron chi connectivity index (χ1n) is 8.31. The Morgan fingerprint density at radius 2 is 2.04 bits per heavy atom. The predicted molar refractivity (Wildman–Crippen MR) is 88.6 cm³/mol. The molecule has 1 aromatic rings. The number of nitrogens with one attached hydrogen (secondary N) is 1. The first-order valence-corrected chi connectivity index (χ1v) is 8.31. The quantitative estimate of drug-likeness (QED) is 0.822. The lowest BCUT2D eigenvalue weighted by molar-refractivity contribution is 0.0502. The Hall–Kier alpha value is -1.84. The fourth-order valence-corrected chi connectivity index (χ4v) is 3.50. The number of benzene rings is 1. The normalized spacial score (nSPS) is 20.6. The van der Waals surface area contributed by atoms with Crippen LogP contribution in [-0.4, -0.2) is 17.7 Å². The molecular formula is C19H24FNO2. The van der Waals surface area contributed by atoms with Crippen LogP contribution < -0.4 is 5.32 Å². The molecule has 0 spiro atoms. The van der Waals surface area contributed by atoms with Crippen molar-refractivity contribution in [1.82, 2.24) is 5.32 Å². The minimum Gasteiger partial charge on any atom is -0.444 e. The molecule has 23 heavy (non-hydrogen) atoms. The first kappa shape index (κ1) is 16.0. The Morgan fingerprint density at radius 1 is 1.26 bits per heavy atom. The van der Waals surface area contributed by atoms with Crippen LogP contribution in [0.2, 0.25) is 0 Å². The standard InChI is InChI=1S/C19H24FNO2/c1-19(2,3)23-18(22)21-15-9-7-13-5-4-12-6-8-14(20)10-16(12)17(13)11-15/h6,8,10,15H,4-5,7,9,11H2,1-3H3,(H,21,22)/t15-/m0/s1. The van der Waals surface area contributed by atoms with E-state index in [1.807, 2.05) is 26.8 Å². The molecule has 0 saturated heterocycles. The van der Waals surface area contributed by atoms with Crippen LogP contribution in [0.4, 0.5) is 9.18 Å². The largest absolute Gasteiger partial charge is 0.444 e. The van der Waals surface area contributed by atoms with E-state index >= 15 is 0 Å². The molecule has 3 nitrogen and oxygen atoms in total. The lowest BCUT2D eigenvalue weighted by Crippen LogP contribution is -2.40. The minimum atomic E-state index is -0.496. The molecule has 0 aliphatic heterocycles. The number of halogens is 1. The average molecular weight is 317 g/mol. The molecule has 1 amide bonds. The average Bonchev–Trinajstić information content (AvgIpc) is 2.45. The van der Waals surface area contributed by atoms with Gasteiger partial charge >= 0.3 is 6.09 Å². The van der Waals surface area contributed by atoms with Gasteiger partial charge in [0.2, 0.25) is 0 Å². The molecular weight excluding hydrogens is 293 g/mol. The molecule has 2 aliphatic rings. The number of alkyl carbamates (subject to hydrolysis) is 1. The second-order valence-electron chi connectivity index (χ2n) is 7.47. The van der Waals surface area contributed by atoms with Crippen LogP contribution in [0.1, 0.15) is 57.6 Å². The maximum absolute atomic E-state index is 13.6. The fourth-order valence-electron chi connectivity index (χ4n) is 3.50. The van der Waals surface area contributed by atoms with Crippen molar-refractivity contribution in [2.24, 2.45) is 0 Å². The zero-order valence-corrected chi connectivity index (χ0v) is 14.0. The van der Waals surface area contributed by atoms with E-state index in [0.717, 1.165) is 37.7 Å². The monoisotopic (exact) mass is 317 g/mol. The van der Waals surface area contributed by atoms with Gasteiger partial charge in [-0.15, -0.1) is 0 Å². The second kappa shape index (κ2) is 5.99. The van der Waals surface area contributed by atoms with Gasteiger partial charge in [-0.05, 0) is 81.7 Å². The van der Waals surface area contributed by atoms with Crippen molar-refractivity contribution in [1.29, 1.82) is 0 Å². The van der Waals surface area contributed by atoms with Gasteiger partial charge in [0.05, 0.1) is 0 Å². The van der Waals surface area contributed by atoms with Crippen LogP contribution in [0.15, 0.2) is 23.8 Å². The van der Waals surface area contributed by atoms with Crippen LogP contribution >= 0.6 is 0 Å². The molecule has 0 radical (unpaired) electrons. The smallest absolute Gasteiger partial charge is 0.407 e. The van der Waals surface area contributed by atoms with E-state index in [0.29, 0.717) is 0 Å². The maximum atomic E-state index is 13.6. The molecule has 4 heteroatoms. The van der Waals surface area contributed by atoms with Crippen molar-refractivity contribution >= 4 is 11.7 Å². The summed E-state index contributed by atoms with van der Waals surface area (Å²) in [5, 5.41) is 2.96. The van der Waals surface area contributed by atoms with E-state index in [2.05, 4.69) is 5.32 Å². The summed E-state index contributed by atoms with van der Waals surface area (Å²) in [6, 6.07) is 5.11. The number of carbonyl (C=O) groups excluding carboxylic acids is 1. The molecule has 124 valence electrons. The number of ether oxygens (including phenoxy) is 1. The third-order valence-electron chi connectivity index (χ3n) is 4.49. The van der Waals surface area contributed by atoms with Crippen molar-refractivity contribution < 1.29 is 13.9 Å². The Labute approximate surface area is 136 Å². The van der Waals surface area contributed by atoms with Crippen molar-refractivity contribution in [3.63, 3.8) is 0 Å². The van der Waals surface area contributed by atoms with Gasteiger partial charge < -0.3 is 10.1 Å². The van der Waals surface area contributed by atoms with Gasteiger partial charge in [0.25, 0.3) is 0 Å². The summed E-state index contributed by atoms with van der Waals surface area (Å²) in [6.07, 6.45) is 4.30. The highest BCUT2D eigenvalue weighted by Gasteiger charge is 2.28. The molecule has 1 aromatic carbocycles. The summed E-state index contributed by atoms with van der Waals surface area (Å²) < 4.78 is 19.0. The van der Waals surface area contributed by atoms with Crippen molar-refractivity contribution in [3.8, 4) is 0 Å². The number of aryl methyl sites for hydroxylation is 1. The first-order chi connectivity index (χ1) is 10.8. The summed E-state index contributed by atoms with van der Waals surface area (Å²) in [5.41, 5.74) is 4.39. The number of allylic oxidation sites excluding steroid dienone is 1. The number of hydrogen-bond donors (Lipinski definition) is 1. The summed E-state index contributed by atoms with van der Waals surface area (Å²) in [4.78, 5) is 12.0. The minimum absolute atomic E-state index is 0.0535. The number of fused-ring (bicyclic) bond motifs is 2. The maximum Gasteiger partial charge on any atom is 0.407 e. The van der Waals surface area contributed by atoms with Crippen LogP contribution in [0.25, 0.3) is 5.57 Å². The molecule has 3 rings (SSSR count). The number of amides is 1. The fraction of sp³-hybridized carbons (Fsp3) is 0.526. The number of carbonyl (C=O) groups is 1. The molecule has 0 unspecified atom stereocenters. The molecule has 2 aliphatic carbocycles. The molecule has 0 aromatic heterocycles. The zero-order valence-electron chi connectivity index (χ0n) is 14.0. The molecule has 1 N–H and O–H groups in total. The van der Waals surface area contributed by atoms with E-state index in [-0.39, 0.29) is 18.0 Å². The Bertz CT molecular complexity index is 658. The number of rotatable bonds is 1. The van der Waals surface area contributed by atoms with Gasteiger partial charge in [-0.2, -0.15) is 0 Å². The van der Waals surface area contributed by atoms with Gasteiger partial charge in [-0.3, -0.25) is 0 Å². The van der Waals surface area contributed by atoms with Crippen molar-refractivity contribution in [2.75, 3.05) is 0 Å². The van der Waals surface area contributed by atoms with E-state index in [1.165, 1.54) is 22.8 Å². The third-order valence-corrected chi connectivity index (χ3v) is 4.49.